The van der Waals surface area contributed by atoms with Crippen LogP contribution in [0.5, 0.6) is 0 Å². The number of rotatable bonds is 8. The Kier molecular flexibility index (Phi) is 4.04. The van der Waals surface area contributed by atoms with Crippen molar-refractivity contribution >= 4 is 0 Å². The maximum Gasteiger partial charge on any atom is 0.0481 e. The molecule has 2 saturated carbocycles. The van der Waals surface area contributed by atoms with E-state index in [-0.39, 0.29) is 19.1 Å². The Balaban J connectivity index is 1.73. The zero-order valence-electron chi connectivity index (χ0n) is 9.57. The largest absolute Gasteiger partial charge is 0.396 e. The Morgan fingerprint density at radius 1 is 0.800 bits per heavy atom. The average molecular weight is 212 g/mol. The Labute approximate surface area is 92.7 Å². The summed E-state index contributed by atoms with van der Waals surface area (Å²) in [7, 11) is 0. The molecule has 2 N–H and O–H groups in total. The molecule has 0 aromatic carbocycles. The van der Waals surface area contributed by atoms with Crippen molar-refractivity contribution in [2.75, 3.05) is 13.2 Å². The van der Waals surface area contributed by atoms with Crippen LogP contribution in [0.3, 0.4) is 0 Å². The van der Waals surface area contributed by atoms with Crippen molar-refractivity contribution in [1.29, 1.82) is 0 Å². The monoisotopic (exact) mass is 212 g/mol. The zero-order valence-corrected chi connectivity index (χ0v) is 9.57. The van der Waals surface area contributed by atoms with Crippen LogP contribution in [-0.4, -0.2) is 23.4 Å². The first-order valence-electron chi connectivity index (χ1n) is 6.53. The molecule has 0 aromatic rings. The van der Waals surface area contributed by atoms with Crippen molar-refractivity contribution in [3.8, 4) is 0 Å². The molecule has 2 aliphatic rings. The maximum atomic E-state index is 9.11. The predicted octanol–water partition coefficient (Wildman–Crippen LogP) is 2.19. The number of hydrogen-bond donors (Lipinski definition) is 2. The van der Waals surface area contributed by atoms with E-state index in [9.17, 15) is 0 Å². The lowest BCUT2D eigenvalue weighted by Gasteiger charge is -2.20. The van der Waals surface area contributed by atoms with Gasteiger partial charge in [0.05, 0.1) is 0 Å². The molecule has 0 radical (unpaired) electrons. The fraction of sp³-hybridized carbons (Fsp3) is 1.00. The summed E-state index contributed by atoms with van der Waals surface area (Å²) in [5.74, 6) is 2.86. The quantitative estimate of drug-likeness (QED) is 0.647. The van der Waals surface area contributed by atoms with Crippen molar-refractivity contribution < 1.29 is 10.2 Å². The molecule has 0 spiro atoms. The fourth-order valence-corrected chi connectivity index (χ4v) is 2.62. The van der Waals surface area contributed by atoms with Gasteiger partial charge in [-0.15, -0.1) is 0 Å². The molecule has 2 heteroatoms. The third-order valence-electron chi connectivity index (χ3n) is 3.91. The van der Waals surface area contributed by atoms with Crippen LogP contribution in [0.1, 0.15) is 44.9 Å². The van der Waals surface area contributed by atoms with Crippen molar-refractivity contribution in [3.05, 3.63) is 0 Å². The van der Waals surface area contributed by atoms with Crippen molar-refractivity contribution in [2.45, 2.75) is 44.9 Å². The van der Waals surface area contributed by atoms with Crippen molar-refractivity contribution in [2.24, 2.45) is 23.7 Å². The lowest BCUT2D eigenvalue weighted by Crippen LogP contribution is -2.17. The number of aliphatic hydroxyl groups is 2. The van der Waals surface area contributed by atoms with Crippen molar-refractivity contribution in [3.63, 3.8) is 0 Å². The summed E-state index contributed by atoms with van der Waals surface area (Å²) in [6, 6.07) is 0. The van der Waals surface area contributed by atoms with E-state index < -0.39 is 0 Å². The summed E-state index contributed by atoms with van der Waals surface area (Å²) >= 11 is 0. The van der Waals surface area contributed by atoms with E-state index in [0.717, 1.165) is 24.2 Å². The molecule has 0 aliphatic heterocycles. The van der Waals surface area contributed by atoms with Gasteiger partial charge in [-0.2, -0.15) is 0 Å². The summed E-state index contributed by atoms with van der Waals surface area (Å²) in [5.41, 5.74) is 0. The van der Waals surface area contributed by atoms with Crippen LogP contribution in [0.25, 0.3) is 0 Å². The lowest BCUT2D eigenvalue weighted by atomic mass is 9.87. The molecule has 2 fully saturated rings. The van der Waals surface area contributed by atoms with E-state index in [1.54, 1.807) is 0 Å². The van der Waals surface area contributed by atoms with Gasteiger partial charge in [0.2, 0.25) is 0 Å². The molecule has 0 saturated heterocycles. The molecule has 0 aromatic heterocycles. The molecular weight excluding hydrogens is 188 g/mol. The average Bonchev–Trinajstić information content (AvgIpc) is 3.09. The van der Waals surface area contributed by atoms with Crippen LogP contribution in [0.15, 0.2) is 0 Å². The van der Waals surface area contributed by atoms with Gasteiger partial charge in [-0.05, 0) is 37.0 Å². The fourth-order valence-electron chi connectivity index (χ4n) is 2.62. The second-order valence-electron chi connectivity index (χ2n) is 5.69. The van der Waals surface area contributed by atoms with Gasteiger partial charge in [0.15, 0.2) is 0 Å². The minimum Gasteiger partial charge on any atom is -0.396 e. The summed E-state index contributed by atoms with van der Waals surface area (Å²) < 4.78 is 0. The highest BCUT2D eigenvalue weighted by molar-refractivity contribution is 4.83. The van der Waals surface area contributed by atoms with Gasteiger partial charge >= 0.3 is 0 Å². The van der Waals surface area contributed by atoms with Crippen LogP contribution in [0, 0.1) is 23.7 Å². The second kappa shape index (κ2) is 5.31. The molecule has 88 valence electrons. The van der Waals surface area contributed by atoms with Crippen LogP contribution in [-0.2, 0) is 0 Å². The van der Waals surface area contributed by atoms with Gasteiger partial charge in [0.25, 0.3) is 0 Å². The molecule has 2 rings (SSSR count). The Morgan fingerprint density at radius 3 is 1.60 bits per heavy atom. The van der Waals surface area contributed by atoms with Gasteiger partial charge < -0.3 is 10.2 Å². The van der Waals surface area contributed by atoms with Gasteiger partial charge in [-0.1, -0.05) is 25.7 Å². The van der Waals surface area contributed by atoms with Gasteiger partial charge in [0, 0.05) is 19.1 Å². The minimum atomic E-state index is 0.132. The Bertz CT molecular complexity index is 167. The lowest BCUT2D eigenvalue weighted by molar-refractivity contribution is 0.124. The topological polar surface area (TPSA) is 40.5 Å². The predicted molar refractivity (Wildman–Crippen MR) is 60.5 cm³/mol. The number of aliphatic hydroxyl groups excluding tert-OH is 2. The summed E-state index contributed by atoms with van der Waals surface area (Å²) in [4.78, 5) is 0. The van der Waals surface area contributed by atoms with E-state index >= 15 is 0 Å². The first-order valence-corrected chi connectivity index (χ1v) is 6.53. The molecular formula is C13H24O2. The van der Waals surface area contributed by atoms with Crippen LogP contribution in [0.4, 0.5) is 0 Å². The van der Waals surface area contributed by atoms with Crippen LogP contribution in [0.2, 0.25) is 0 Å². The molecule has 0 amide bonds. The highest BCUT2D eigenvalue weighted by Gasteiger charge is 2.31. The normalized spacial score (nSPS) is 21.6. The highest BCUT2D eigenvalue weighted by Crippen LogP contribution is 2.43. The minimum absolute atomic E-state index is 0.132. The third-order valence-corrected chi connectivity index (χ3v) is 3.91. The Morgan fingerprint density at radius 2 is 1.27 bits per heavy atom. The molecule has 0 unspecified atom stereocenters. The zero-order chi connectivity index (χ0) is 10.7. The SMILES string of the molecule is OCC(CO)CC(CC1CC1)CC1CC1. The third kappa shape index (κ3) is 4.12. The molecule has 2 nitrogen and oxygen atoms in total. The van der Waals surface area contributed by atoms with E-state index in [2.05, 4.69) is 0 Å². The molecule has 2 aliphatic carbocycles. The molecule has 0 bridgehead atoms. The van der Waals surface area contributed by atoms with Crippen LogP contribution >= 0.6 is 0 Å². The summed E-state index contributed by atoms with van der Waals surface area (Å²) in [6.45, 7) is 0.310. The number of hydrogen-bond acceptors (Lipinski definition) is 2. The first-order chi connectivity index (χ1) is 7.31. The van der Waals surface area contributed by atoms with Gasteiger partial charge in [0.1, 0.15) is 0 Å². The molecule has 15 heavy (non-hydrogen) atoms. The second-order valence-corrected chi connectivity index (χ2v) is 5.69. The molecule has 0 atom stereocenters. The summed E-state index contributed by atoms with van der Waals surface area (Å²) in [5, 5.41) is 18.2. The van der Waals surface area contributed by atoms with E-state index in [0.29, 0.717) is 0 Å². The van der Waals surface area contributed by atoms with Gasteiger partial charge in [-0.3, -0.25) is 0 Å². The smallest absolute Gasteiger partial charge is 0.0481 e. The Hall–Kier alpha value is -0.0800. The maximum absolute atomic E-state index is 9.11. The van der Waals surface area contributed by atoms with E-state index in [1.807, 2.05) is 0 Å². The standard InChI is InChI=1S/C13H24O2/c14-8-13(9-15)7-12(5-10-1-2-10)6-11-3-4-11/h10-15H,1-9H2. The summed E-state index contributed by atoms with van der Waals surface area (Å²) in [6.07, 6.45) is 9.43. The highest BCUT2D eigenvalue weighted by atomic mass is 16.3. The van der Waals surface area contributed by atoms with Crippen molar-refractivity contribution in [1.82, 2.24) is 0 Å². The van der Waals surface area contributed by atoms with Gasteiger partial charge in [-0.25, -0.2) is 0 Å². The van der Waals surface area contributed by atoms with E-state index in [1.165, 1.54) is 38.5 Å². The first kappa shape index (κ1) is 11.4. The molecule has 0 heterocycles. The van der Waals surface area contributed by atoms with Crippen LogP contribution < -0.4 is 0 Å². The van der Waals surface area contributed by atoms with E-state index in [4.69, 9.17) is 10.2 Å².